The maximum Gasteiger partial charge on any atom is 0.0994 e. The summed E-state index contributed by atoms with van der Waals surface area (Å²) >= 11 is 5.93. The lowest BCUT2D eigenvalue weighted by atomic mass is 9.95. The number of piperidine rings is 1. The van der Waals surface area contributed by atoms with E-state index in [9.17, 15) is 0 Å². The van der Waals surface area contributed by atoms with Gasteiger partial charge in [-0.3, -0.25) is 0 Å². The van der Waals surface area contributed by atoms with E-state index in [4.69, 9.17) is 11.6 Å². The molecule has 1 saturated heterocycles. The Balaban J connectivity index is 1.93. The number of aromatic nitrogens is 2. The van der Waals surface area contributed by atoms with Crippen LogP contribution >= 0.6 is 11.6 Å². The summed E-state index contributed by atoms with van der Waals surface area (Å²) in [6, 6.07) is 7.91. The molecule has 1 aliphatic heterocycles. The molecular formula is C14H16ClN3. The summed E-state index contributed by atoms with van der Waals surface area (Å²) in [5, 5.41) is 4.16. The van der Waals surface area contributed by atoms with Crippen molar-refractivity contribution in [3.8, 4) is 5.69 Å². The van der Waals surface area contributed by atoms with Crippen LogP contribution in [0.15, 0.2) is 36.8 Å². The number of halogens is 1. The highest BCUT2D eigenvalue weighted by Crippen LogP contribution is 2.27. The molecule has 0 aliphatic carbocycles. The molecule has 0 amide bonds. The zero-order valence-corrected chi connectivity index (χ0v) is 10.9. The molecule has 0 bridgehead atoms. The molecule has 1 aromatic carbocycles. The molecule has 0 atom stereocenters. The van der Waals surface area contributed by atoms with Gasteiger partial charge in [0.15, 0.2) is 0 Å². The molecule has 1 N–H and O–H groups in total. The molecule has 1 fully saturated rings. The highest BCUT2D eigenvalue weighted by Gasteiger charge is 2.19. The van der Waals surface area contributed by atoms with Gasteiger partial charge in [-0.1, -0.05) is 11.6 Å². The first kappa shape index (κ1) is 11.8. The minimum atomic E-state index is 0.601. The second-order valence-electron chi connectivity index (χ2n) is 4.69. The highest BCUT2D eigenvalue weighted by molar-refractivity contribution is 6.30. The summed E-state index contributed by atoms with van der Waals surface area (Å²) in [7, 11) is 0. The summed E-state index contributed by atoms with van der Waals surface area (Å²) in [5.74, 6) is 0.601. The molecular weight excluding hydrogens is 246 g/mol. The van der Waals surface area contributed by atoms with E-state index in [2.05, 4.69) is 14.9 Å². The first-order chi connectivity index (χ1) is 8.84. The van der Waals surface area contributed by atoms with E-state index in [1.807, 2.05) is 36.8 Å². The predicted octanol–water partition coefficient (Wildman–Crippen LogP) is 2.99. The van der Waals surface area contributed by atoms with E-state index in [0.717, 1.165) is 23.8 Å². The highest BCUT2D eigenvalue weighted by atomic mass is 35.5. The van der Waals surface area contributed by atoms with E-state index in [1.165, 1.54) is 18.5 Å². The molecule has 1 aliphatic rings. The van der Waals surface area contributed by atoms with Gasteiger partial charge < -0.3 is 9.88 Å². The zero-order valence-electron chi connectivity index (χ0n) is 10.1. The second-order valence-corrected chi connectivity index (χ2v) is 5.13. The molecule has 4 heteroatoms. The summed E-state index contributed by atoms with van der Waals surface area (Å²) < 4.78 is 2.17. The van der Waals surface area contributed by atoms with Crippen LogP contribution in [0, 0.1) is 0 Å². The number of hydrogen-bond donors (Lipinski definition) is 1. The van der Waals surface area contributed by atoms with E-state index < -0.39 is 0 Å². The Hall–Kier alpha value is -1.32. The smallest absolute Gasteiger partial charge is 0.0994 e. The summed E-state index contributed by atoms with van der Waals surface area (Å²) in [6.07, 6.45) is 6.24. The van der Waals surface area contributed by atoms with Crippen molar-refractivity contribution >= 4 is 11.6 Å². The van der Waals surface area contributed by atoms with Gasteiger partial charge in [0.25, 0.3) is 0 Å². The number of nitrogens with one attached hydrogen (secondary N) is 1. The van der Waals surface area contributed by atoms with Gasteiger partial charge in [0, 0.05) is 28.5 Å². The quantitative estimate of drug-likeness (QED) is 0.901. The Morgan fingerprint density at radius 2 is 1.89 bits per heavy atom. The average Bonchev–Trinajstić information content (AvgIpc) is 2.90. The van der Waals surface area contributed by atoms with Crippen LogP contribution in [-0.2, 0) is 0 Å². The van der Waals surface area contributed by atoms with Crippen LogP contribution in [0.5, 0.6) is 0 Å². The van der Waals surface area contributed by atoms with E-state index in [-0.39, 0.29) is 0 Å². The summed E-state index contributed by atoms with van der Waals surface area (Å²) in [6.45, 7) is 2.19. The van der Waals surface area contributed by atoms with Crippen LogP contribution in [0.4, 0.5) is 0 Å². The molecule has 2 heterocycles. The van der Waals surface area contributed by atoms with Crippen molar-refractivity contribution in [3.63, 3.8) is 0 Å². The normalized spacial score (nSPS) is 16.9. The van der Waals surface area contributed by atoms with Crippen molar-refractivity contribution in [2.24, 2.45) is 0 Å². The van der Waals surface area contributed by atoms with Gasteiger partial charge in [0.05, 0.1) is 6.33 Å². The van der Waals surface area contributed by atoms with E-state index in [0.29, 0.717) is 5.92 Å². The Labute approximate surface area is 112 Å². The lowest BCUT2D eigenvalue weighted by Gasteiger charge is -2.23. The lowest BCUT2D eigenvalue weighted by Crippen LogP contribution is -2.27. The fourth-order valence-electron chi connectivity index (χ4n) is 2.54. The molecule has 0 spiro atoms. The molecule has 3 nitrogen and oxygen atoms in total. The number of rotatable bonds is 2. The van der Waals surface area contributed by atoms with Crippen molar-refractivity contribution < 1.29 is 0 Å². The molecule has 18 heavy (non-hydrogen) atoms. The number of benzene rings is 1. The fraction of sp³-hybridized carbons (Fsp3) is 0.357. The molecule has 2 aromatic rings. The maximum atomic E-state index is 5.93. The van der Waals surface area contributed by atoms with Crippen LogP contribution in [0.25, 0.3) is 5.69 Å². The number of nitrogens with zero attached hydrogens (tertiary/aromatic N) is 2. The average molecular weight is 262 g/mol. The topological polar surface area (TPSA) is 29.9 Å². The van der Waals surface area contributed by atoms with Gasteiger partial charge in [0.2, 0.25) is 0 Å². The van der Waals surface area contributed by atoms with Crippen molar-refractivity contribution in [2.75, 3.05) is 13.1 Å². The third-order valence-electron chi connectivity index (χ3n) is 3.53. The first-order valence-electron chi connectivity index (χ1n) is 6.33. The minimum absolute atomic E-state index is 0.601. The SMILES string of the molecule is Clc1ccc(-n2cncc2C2CCNCC2)cc1. The molecule has 94 valence electrons. The van der Waals surface area contributed by atoms with Gasteiger partial charge >= 0.3 is 0 Å². The standard InChI is InChI=1S/C14H16ClN3/c15-12-1-3-13(4-2-12)18-10-17-9-14(18)11-5-7-16-8-6-11/h1-4,9-11,16H,5-8H2. The second kappa shape index (κ2) is 5.12. The molecule has 0 unspecified atom stereocenters. The Kier molecular flexibility index (Phi) is 3.35. The van der Waals surface area contributed by atoms with E-state index in [1.54, 1.807) is 0 Å². The van der Waals surface area contributed by atoms with Crippen molar-refractivity contribution in [2.45, 2.75) is 18.8 Å². The van der Waals surface area contributed by atoms with Gasteiger partial charge in [-0.05, 0) is 50.2 Å². The third-order valence-corrected chi connectivity index (χ3v) is 3.78. The Morgan fingerprint density at radius 1 is 1.17 bits per heavy atom. The molecule has 0 radical (unpaired) electrons. The number of hydrogen-bond acceptors (Lipinski definition) is 2. The van der Waals surface area contributed by atoms with E-state index >= 15 is 0 Å². The Bertz CT molecular complexity index is 512. The van der Waals surface area contributed by atoms with Crippen LogP contribution < -0.4 is 5.32 Å². The zero-order chi connectivity index (χ0) is 12.4. The van der Waals surface area contributed by atoms with Crippen LogP contribution in [0.2, 0.25) is 5.02 Å². The molecule has 1 aromatic heterocycles. The molecule has 3 rings (SSSR count). The van der Waals surface area contributed by atoms with Gasteiger partial charge in [0.1, 0.15) is 0 Å². The fourth-order valence-corrected chi connectivity index (χ4v) is 2.67. The Morgan fingerprint density at radius 3 is 2.61 bits per heavy atom. The maximum absolute atomic E-state index is 5.93. The monoisotopic (exact) mass is 261 g/mol. The molecule has 0 saturated carbocycles. The summed E-state index contributed by atoms with van der Waals surface area (Å²) in [5.41, 5.74) is 2.43. The van der Waals surface area contributed by atoms with Crippen LogP contribution in [-0.4, -0.2) is 22.6 Å². The third kappa shape index (κ3) is 2.28. The van der Waals surface area contributed by atoms with Crippen LogP contribution in [0.1, 0.15) is 24.5 Å². The van der Waals surface area contributed by atoms with Gasteiger partial charge in [-0.25, -0.2) is 4.98 Å². The minimum Gasteiger partial charge on any atom is -0.317 e. The van der Waals surface area contributed by atoms with Gasteiger partial charge in [-0.15, -0.1) is 0 Å². The van der Waals surface area contributed by atoms with Crippen LogP contribution in [0.3, 0.4) is 0 Å². The van der Waals surface area contributed by atoms with Crippen molar-refractivity contribution in [1.82, 2.24) is 14.9 Å². The van der Waals surface area contributed by atoms with Crippen molar-refractivity contribution in [1.29, 1.82) is 0 Å². The first-order valence-corrected chi connectivity index (χ1v) is 6.71. The van der Waals surface area contributed by atoms with Crippen molar-refractivity contribution in [3.05, 3.63) is 47.5 Å². The predicted molar refractivity (Wildman–Crippen MR) is 73.4 cm³/mol. The summed E-state index contributed by atoms with van der Waals surface area (Å²) in [4.78, 5) is 4.31. The largest absolute Gasteiger partial charge is 0.317 e. The number of imidazole rings is 1. The van der Waals surface area contributed by atoms with Gasteiger partial charge in [-0.2, -0.15) is 0 Å². The lowest BCUT2D eigenvalue weighted by molar-refractivity contribution is 0.449.